The number of nitrogens with one attached hydrogen (secondary N) is 1. The molecular weight excluding hydrogens is 356 g/mol. The Balaban J connectivity index is 2.47. The van der Waals surface area contributed by atoms with Gasteiger partial charge in [0.05, 0.1) is 5.69 Å². The lowest BCUT2D eigenvalue weighted by Gasteiger charge is -2.10. The molecule has 2 rings (SSSR count). The molecule has 0 aliphatic rings. The Bertz CT molecular complexity index is 1000. The molecule has 1 amide bonds. The number of carbonyl (C=O) groups is 2. The Labute approximate surface area is 152 Å². The van der Waals surface area contributed by atoms with Crippen molar-refractivity contribution >= 4 is 29.3 Å². The molecule has 0 saturated carbocycles. The van der Waals surface area contributed by atoms with E-state index in [1.54, 1.807) is 30.5 Å². The van der Waals surface area contributed by atoms with E-state index < -0.39 is 17.4 Å². The molecule has 9 heteroatoms. The summed E-state index contributed by atoms with van der Waals surface area (Å²) in [4.78, 5) is 38.9. The van der Waals surface area contributed by atoms with Crippen molar-refractivity contribution in [1.82, 2.24) is 9.55 Å². The highest BCUT2D eigenvalue weighted by Gasteiger charge is 2.16. The zero-order valence-electron chi connectivity index (χ0n) is 13.9. The number of carboxylic acid groups (broad SMARTS) is 1. The summed E-state index contributed by atoms with van der Waals surface area (Å²) in [7, 11) is 1.54. The smallest absolute Gasteiger partial charge is 0.328 e. The normalized spacial score (nSPS) is 10.5. The van der Waals surface area contributed by atoms with E-state index in [0.717, 1.165) is 12.2 Å². The minimum Gasteiger partial charge on any atom is -0.478 e. The van der Waals surface area contributed by atoms with Crippen LogP contribution >= 0.6 is 11.8 Å². The lowest BCUT2D eigenvalue weighted by atomic mass is 10.1. The highest BCUT2D eigenvalue weighted by atomic mass is 32.2. The summed E-state index contributed by atoms with van der Waals surface area (Å²) in [5, 5.41) is 20.8. The van der Waals surface area contributed by atoms with Crippen LogP contribution in [-0.4, -0.2) is 32.8 Å². The molecule has 0 unspecified atom stereocenters. The summed E-state index contributed by atoms with van der Waals surface area (Å²) in [5.41, 5.74) is 0.520. The molecule has 1 aromatic heterocycles. The zero-order valence-corrected chi connectivity index (χ0v) is 14.7. The molecule has 0 atom stereocenters. The van der Waals surface area contributed by atoms with Crippen LogP contribution in [0.3, 0.4) is 0 Å². The number of carbonyl (C=O) groups excluding carboxylic acids is 1. The topological polar surface area (TPSA) is 125 Å². The number of nitrogens with zero attached hydrogens (tertiary/aromatic N) is 3. The van der Waals surface area contributed by atoms with Crippen LogP contribution in [0.2, 0.25) is 0 Å². The number of anilines is 1. The van der Waals surface area contributed by atoms with Crippen molar-refractivity contribution in [1.29, 1.82) is 5.26 Å². The van der Waals surface area contributed by atoms with Crippen molar-refractivity contribution in [2.75, 3.05) is 11.6 Å². The first-order valence-electron chi connectivity index (χ1n) is 7.25. The number of hydrogen-bond donors (Lipinski definition) is 2. The van der Waals surface area contributed by atoms with E-state index in [2.05, 4.69) is 10.3 Å². The molecule has 0 bridgehead atoms. The molecular formula is C17H14N4O4S. The first-order valence-corrected chi connectivity index (χ1v) is 8.47. The van der Waals surface area contributed by atoms with Gasteiger partial charge in [-0.25, -0.2) is 9.78 Å². The second-order valence-corrected chi connectivity index (χ2v) is 5.81. The summed E-state index contributed by atoms with van der Waals surface area (Å²) in [6, 6.07) is 8.32. The summed E-state index contributed by atoms with van der Waals surface area (Å²) >= 11 is 1.27. The van der Waals surface area contributed by atoms with Crippen LogP contribution in [0.5, 0.6) is 0 Å². The van der Waals surface area contributed by atoms with Gasteiger partial charge in [0.25, 0.3) is 5.56 Å². The van der Waals surface area contributed by atoms with Crippen molar-refractivity contribution in [3.05, 3.63) is 52.3 Å². The van der Waals surface area contributed by atoms with Crippen LogP contribution in [0.4, 0.5) is 5.69 Å². The quantitative estimate of drug-likeness (QED) is 0.465. The predicted molar refractivity (Wildman–Crippen MR) is 96.8 cm³/mol. The molecule has 8 nitrogen and oxygen atoms in total. The van der Waals surface area contributed by atoms with Crippen molar-refractivity contribution in [2.45, 2.75) is 5.16 Å². The standard InChI is InChI=1S/C17H14N4O4S/c1-21-16(25)12(9-18)15(20-17(21)26-2)10-4-3-5-11(8-10)19-13(22)6-7-14(23)24/h3-8H,1-2H3,(H,19,22)(H,23,24)/b7-6+. The number of aliphatic carboxylic acids is 1. The van der Waals surface area contributed by atoms with Gasteiger partial charge in [0.2, 0.25) is 5.91 Å². The van der Waals surface area contributed by atoms with Gasteiger partial charge in [-0.15, -0.1) is 0 Å². The van der Waals surface area contributed by atoms with E-state index >= 15 is 0 Å². The number of aromatic nitrogens is 2. The van der Waals surface area contributed by atoms with Crippen LogP contribution in [-0.2, 0) is 16.6 Å². The van der Waals surface area contributed by atoms with E-state index in [0.29, 0.717) is 16.4 Å². The third-order valence-corrected chi connectivity index (χ3v) is 4.06. The third-order valence-electron chi connectivity index (χ3n) is 3.32. The average Bonchev–Trinajstić information content (AvgIpc) is 2.62. The Morgan fingerprint density at radius 1 is 1.38 bits per heavy atom. The van der Waals surface area contributed by atoms with E-state index in [1.165, 1.54) is 23.4 Å². The maximum absolute atomic E-state index is 12.3. The molecule has 0 aliphatic heterocycles. The first kappa shape index (κ1) is 19.0. The fraction of sp³-hybridized carbons (Fsp3) is 0.118. The van der Waals surface area contributed by atoms with Crippen molar-refractivity contribution in [3.8, 4) is 17.3 Å². The highest BCUT2D eigenvalue weighted by molar-refractivity contribution is 7.98. The minimum atomic E-state index is -1.23. The van der Waals surface area contributed by atoms with E-state index in [9.17, 15) is 19.6 Å². The number of thioether (sulfide) groups is 1. The molecule has 0 spiro atoms. The SMILES string of the molecule is CSc1nc(-c2cccc(NC(=O)/C=C/C(=O)O)c2)c(C#N)c(=O)n1C. The maximum Gasteiger partial charge on any atom is 0.328 e. The van der Waals surface area contributed by atoms with Crippen LogP contribution in [0.25, 0.3) is 11.3 Å². The molecule has 1 heterocycles. The van der Waals surface area contributed by atoms with Crippen LogP contribution in [0.15, 0.2) is 46.4 Å². The van der Waals surface area contributed by atoms with Gasteiger partial charge in [-0.2, -0.15) is 5.26 Å². The Kier molecular flexibility index (Phi) is 5.93. The van der Waals surface area contributed by atoms with Gasteiger partial charge in [-0.05, 0) is 18.4 Å². The fourth-order valence-corrected chi connectivity index (χ4v) is 2.69. The summed E-state index contributed by atoms with van der Waals surface area (Å²) in [6.45, 7) is 0. The molecule has 26 heavy (non-hydrogen) atoms. The highest BCUT2D eigenvalue weighted by Crippen LogP contribution is 2.24. The zero-order chi connectivity index (χ0) is 19.3. The second kappa shape index (κ2) is 8.13. The van der Waals surface area contributed by atoms with Gasteiger partial charge in [-0.1, -0.05) is 23.9 Å². The second-order valence-electron chi connectivity index (χ2n) is 5.04. The number of benzene rings is 1. The van der Waals surface area contributed by atoms with Gasteiger partial charge < -0.3 is 10.4 Å². The lowest BCUT2D eigenvalue weighted by Crippen LogP contribution is -2.23. The van der Waals surface area contributed by atoms with Gasteiger partial charge in [0.1, 0.15) is 11.6 Å². The molecule has 2 aromatic rings. The molecule has 2 N–H and O–H groups in total. The number of nitriles is 1. The van der Waals surface area contributed by atoms with Gasteiger partial charge in [0.15, 0.2) is 5.16 Å². The van der Waals surface area contributed by atoms with Crippen molar-refractivity contribution < 1.29 is 14.7 Å². The van der Waals surface area contributed by atoms with Crippen LogP contribution < -0.4 is 10.9 Å². The number of amides is 1. The Morgan fingerprint density at radius 3 is 2.73 bits per heavy atom. The monoisotopic (exact) mass is 370 g/mol. The minimum absolute atomic E-state index is 0.0976. The Hall–Kier alpha value is -3.38. The summed E-state index contributed by atoms with van der Waals surface area (Å²) < 4.78 is 1.30. The largest absolute Gasteiger partial charge is 0.478 e. The molecule has 0 saturated heterocycles. The number of rotatable bonds is 5. The molecule has 0 fully saturated rings. The van der Waals surface area contributed by atoms with Gasteiger partial charge in [-0.3, -0.25) is 14.2 Å². The maximum atomic E-state index is 12.3. The lowest BCUT2D eigenvalue weighted by molar-refractivity contribution is -0.131. The third kappa shape index (κ3) is 4.17. The van der Waals surface area contributed by atoms with E-state index in [1.807, 2.05) is 6.07 Å². The molecule has 1 aromatic carbocycles. The Morgan fingerprint density at radius 2 is 2.12 bits per heavy atom. The van der Waals surface area contributed by atoms with E-state index in [-0.39, 0.29) is 11.3 Å². The van der Waals surface area contributed by atoms with Gasteiger partial charge in [0, 0.05) is 30.5 Å². The molecule has 0 radical (unpaired) electrons. The number of hydrogen-bond acceptors (Lipinski definition) is 6. The number of carboxylic acids is 1. The summed E-state index contributed by atoms with van der Waals surface area (Å²) in [5.74, 6) is -1.85. The van der Waals surface area contributed by atoms with E-state index in [4.69, 9.17) is 5.11 Å². The first-order chi connectivity index (χ1) is 12.4. The molecule has 0 aliphatic carbocycles. The summed E-state index contributed by atoms with van der Waals surface area (Å²) in [6.07, 6.45) is 3.38. The predicted octanol–water partition coefficient (Wildman–Crippen LogP) is 1.62. The van der Waals surface area contributed by atoms with Crippen LogP contribution in [0.1, 0.15) is 5.56 Å². The molecule has 132 valence electrons. The van der Waals surface area contributed by atoms with Gasteiger partial charge >= 0.3 is 5.97 Å². The fourth-order valence-electron chi connectivity index (χ4n) is 2.15. The average molecular weight is 370 g/mol. The van der Waals surface area contributed by atoms with Crippen molar-refractivity contribution in [3.63, 3.8) is 0 Å². The van der Waals surface area contributed by atoms with Crippen molar-refractivity contribution in [2.24, 2.45) is 7.05 Å². The van der Waals surface area contributed by atoms with Crippen LogP contribution in [0, 0.1) is 11.3 Å².